The summed E-state index contributed by atoms with van der Waals surface area (Å²) in [5.41, 5.74) is 0. The van der Waals surface area contributed by atoms with Gasteiger partial charge in [0.1, 0.15) is 16.8 Å². The topological polar surface area (TPSA) is 107 Å². The molecule has 8 nitrogen and oxygen atoms in total. The van der Waals surface area contributed by atoms with Crippen molar-refractivity contribution in [1.29, 1.82) is 0 Å². The number of thiophene rings is 1. The smallest absolute Gasteiger partial charge is 0.393 e. The van der Waals surface area contributed by atoms with Crippen LogP contribution in [0.5, 0.6) is 11.6 Å². The van der Waals surface area contributed by atoms with Gasteiger partial charge in [-0.1, -0.05) is 11.3 Å². The van der Waals surface area contributed by atoms with E-state index in [1.807, 2.05) is 0 Å². The van der Waals surface area contributed by atoms with E-state index < -0.39 is 10.9 Å². The van der Waals surface area contributed by atoms with Crippen LogP contribution in [-0.2, 0) is 0 Å². The van der Waals surface area contributed by atoms with Crippen LogP contribution in [0.15, 0.2) is 23.0 Å². The first-order chi connectivity index (χ1) is 9.56. The van der Waals surface area contributed by atoms with E-state index in [9.17, 15) is 14.9 Å². The average Bonchev–Trinajstić information content (AvgIpc) is 3.02. The predicted molar refractivity (Wildman–Crippen MR) is 71.1 cm³/mol. The first-order valence-corrected chi connectivity index (χ1v) is 6.92. The second kappa shape index (κ2) is 4.58. The monoisotopic (exact) mass is 311 g/mol. The van der Waals surface area contributed by atoms with E-state index in [2.05, 4.69) is 4.98 Å². The fourth-order valence-corrected chi connectivity index (χ4v) is 2.93. The molecule has 0 spiro atoms. The van der Waals surface area contributed by atoms with Gasteiger partial charge in [0.05, 0.1) is 0 Å². The fourth-order valence-electron chi connectivity index (χ4n) is 1.58. The number of aromatic nitrogens is 2. The molecule has 1 N–H and O–H groups in total. The number of nitrogens with zero attached hydrogens (tertiary/aromatic N) is 3. The maximum absolute atomic E-state index is 11.1. The molecule has 102 valence electrons. The molecule has 3 aromatic rings. The molecule has 0 unspecified atom stereocenters. The molecule has 20 heavy (non-hydrogen) atoms. The molecule has 0 aliphatic heterocycles. The Morgan fingerprint density at radius 1 is 1.50 bits per heavy atom. The lowest BCUT2D eigenvalue weighted by molar-refractivity contribution is -0.391. The number of hydrogen-bond acceptors (Lipinski definition) is 7. The van der Waals surface area contributed by atoms with Crippen LogP contribution in [0.2, 0.25) is 0 Å². The molecule has 0 saturated carbocycles. The van der Waals surface area contributed by atoms with Crippen molar-refractivity contribution in [3.8, 4) is 11.6 Å². The molecule has 0 aliphatic rings. The molecule has 0 aliphatic carbocycles. The summed E-state index contributed by atoms with van der Waals surface area (Å²) in [5.74, 6) is -1.31. The fraction of sp³-hybridized carbons (Fsp3) is 0. The van der Waals surface area contributed by atoms with Gasteiger partial charge in [0.2, 0.25) is 0 Å². The van der Waals surface area contributed by atoms with Crippen LogP contribution in [-0.4, -0.2) is 25.4 Å². The first-order valence-electron chi connectivity index (χ1n) is 5.16. The maximum atomic E-state index is 11.1. The summed E-state index contributed by atoms with van der Waals surface area (Å²) in [4.78, 5) is 25.8. The van der Waals surface area contributed by atoms with E-state index in [1.54, 1.807) is 5.38 Å². The van der Waals surface area contributed by atoms with Crippen LogP contribution >= 0.6 is 22.7 Å². The summed E-state index contributed by atoms with van der Waals surface area (Å²) in [5, 5.41) is 23.0. The van der Waals surface area contributed by atoms with Gasteiger partial charge in [-0.3, -0.25) is 0 Å². The summed E-state index contributed by atoms with van der Waals surface area (Å²) in [6.07, 6.45) is 1.52. The Kier molecular flexibility index (Phi) is 2.88. The van der Waals surface area contributed by atoms with Gasteiger partial charge in [-0.05, 0) is 4.92 Å². The summed E-state index contributed by atoms with van der Waals surface area (Å²) >= 11 is 2.21. The second-order valence-corrected chi connectivity index (χ2v) is 5.39. The predicted octanol–water partition coefficient (Wildman–Crippen LogP) is 2.86. The molecule has 3 heterocycles. The van der Waals surface area contributed by atoms with Gasteiger partial charge in [-0.2, -0.15) is 9.38 Å². The number of carboxylic acid groups (broad SMARTS) is 1. The quantitative estimate of drug-likeness (QED) is 0.586. The molecule has 10 heteroatoms. The lowest BCUT2D eigenvalue weighted by Gasteiger charge is -1.98. The third-order valence-corrected chi connectivity index (χ3v) is 4.03. The first kappa shape index (κ1) is 12.6. The molecular weight excluding hydrogens is 306 g/mol. The highest BCUT2D eigenvalue weighted by Crippen LogP contribution is 2.34. The molecular formula is C10H5N3O5S2. The molecule has 0 aromatic carbocycles. The van der Waals surface area contributed by atoms with Crippen molar-refractivity contribution in [2.75, 3.05) is 0 Å². The normalized spacial score (nSPS) is 10.8. The van der Waals surface area contributed by atoms with E-state index >= 15 is 0 Å². The second-order valence-electron chi connectivity index (χ2n) is 3.61. The molecule has 0 amide bonds. The molecule has 0 atom stereocenters. The Balaban J connectivity index is 2.01. The molecule has 0 fully saturated rings. The van der Waals surface area contributed by atoms with Crippen LogP contribution in [0.4, 0.5) is 5.82 Å². The summed E-state index contributed by atoms with van der Waals surface area (Å²) in [6.45, 7) is 0. The molecule has 0 bridgehead atoms. The third kappa shape index (κ3) is 2.00. The summed E-state index contributed by atoms with van der Waals surface area (Å²) in [7, 11) is 0. The number of thiazole rings is 1. The zero-order valence-corrected chi connectivity index (χ0v) is 11.2. The number of rotatable bonds is 4. The third-order valence-electron chi connectivity index (χ3n) is 2.38. The van der Waals surface area contributed by atoms with Crippen molar-refractivity contribution in [1.82, 2.24) is 9.38 Å². The Labute approximate surface area is 118 Å². The van der Waals surface area contributed by atoms with Crippen molar-refractivity contribution in [3.05, 3.63) is 38.0 Å². The molecule has 0 saturated heterocycles. The van der Waals surface area contributed by atoms with Crippen LogP contribution in [0.25, 0.3) is 4.96 Å². The summed E-state index contributed by atoms with van der Waals surface area (Å²) in [6, 6.07) is 1.30. The van der Waals surface area contributed by atoms with E-state index in [0.717, 1.165) is 11.3 Å². The van der Waals surface area contributed by atoms with E-state index in [4.69, 9.17) is 9.84 Å². The van der Waals surface area contributed by atoms with Gasteiger partial charge in [0, 0.05) is 16.8 Å². The van der Waals surface area contributed by atoms with Crippen molar-refractivity contribution >= 4 is 39.4 Å². The number of carboxylic acids is 1. The van der Waals surface area contributed by atoms with Crippen molar-refractivity contribution in [2.45, 2.75) is 0 Å². The lowest BCUT2D eigenvalue weighted by Crippen LogP contribution is -1.95. The van der Waals surface area contributed by atoms with Gasteiger partial charge in [0.25, 0.3) is 4.96 Å². The van der Waals surface area contributed by atoms with Gasteiger partial charge in [-0.15, -0.1) is 11.3 Å². The minimum absolute atomic E-state index is 0.0867. The SMILES string of the molecule is O=C(O)c1cc(Oc2nc3sccn3c2[N+](=O)[O-])cs1. The number of hydrogen-bond donors (Lipinski definition) is 1. The zero-order chi connectivity index (χ0) is 14.3. The number of ether oxygens (including phenoxy) is 1. The highest BCUT2D eigenvalue weighted by molar-refractivity contribution is 7.15. The molecule has 3 rings (SSSR count). The van der Waals surface area contributed by atoms with Crippen LogP contribution < -0.4 is 4.74 Å². The summed E-state index contributed by atoms with van der Waals surface area (Å²) < 4.78 is 6.64. The largest absolute Gasteiger partial charge is 0.477 e. The highest BCUT2D eigenvalue weighted by Gasteiger charge is 2.26. The Morgan fingerprint density at radius 2 is 2.30 bits per heavy atom. The number of fused-ring (bicyclic) bond motifs is 1. The van der Waals surface area contributed by atoms with Crippen molar-refractivity contribution < 1.29 is 19.6 Å². The zero-order valence-electron chi connectivity index (χ0n) is 9.55. The number of carbonyl (C=O) groups is 1. The molecule has 3 aromatic heterocycles. The minimum Gasteiger partial charge on any atom is -0.477 e. The van der Waals surface area contributed by atoms with E-state index in [-0.39, 0.29) is 22.3 Å². The Bertz CT molecular complexity index is 818. The van der Waals surface area contributed by atoms with Gasteiger partial charge >= 0.3 is 17.7 Å². The average molecular weight is 311 g/mol. The van der Waals surface area contributed by atoms with Crippen molar-refractivity contribution in [2.24, 2.45) is 0 Å². The maximum Gasteiger partial charge on any atom is 0.393 e. The Hall–Kier alpha value is -2.46. The number of nitro groups is 1. The minimum atomic E-state index is -1.08. The van der Waals surface area contributed by atoms with E-state index in [0.29, 0.717) is 4.96 Å². The van der Waals surface area contributed by atoms with Gasteiger partial charge < -0.3 is 20.0 Å². The van der Waals surface area contributed by atoms with Crippen LogP contribution in [0.1, 0.15) is 9.67 Å². The van der Waals surface area contributed by atoms with Crippen LogP contribution in [0.3, 0.4) is 0 Å². The van der Waals surface area contributed by atoms with Gasteiger partial charge in [0.15, 0.2) is 0 Å². The van der Waals surface area contributed by atoms with Crippen molar-refractivity contribution in [3.63, 3.8) is 0 Å². The Morgan fingerprint density at radius 3 is 2.95 bits per heavy atom. The van der Waals surface area contributed by atoms with E-state index in [1.165, 1.54) is 33.4 Å². The lowest BCUT2D eigenvalue weighted by atomic mass is 10.4. The highest BCUT2D eigenvalue weighted by atomic mass is 32.1. The molecule has 0 radical (unpaired) electrons. The van der Waals surface area contributed by atoms with Crippen LogP contribution in [0, 0.1) is 10.1 Å². The number of imidazole rings is 1. The van der Waals surface area contributed by atoms with Gasteiger partial charge in [-0.25, -0.2) is 4.79 Å². The standard InChI is InChI=1S/C10H5N3O5S2/c14-9(15)6-3-5(4-20-6)18-7-8(13(16)17)12-1-2-19-10(12)11-7/h1-4H,(H,14,15). The number of aromatic carboxylic acids is 1.